The Morgan fingerprint density at radius 1 is 1.40 bits per heavy atom. The number of likely N-dealkylation sites (N-methyl/N-ethyl adjacent to an activating group) is 1. The van der Waals surface area contributed by atoms with Crippen LogP contribution in [0.25, 0.3) is 0 Å². The quantitative estimate of drug-likeness (QED) is 0.818. The highest BCUT2D eigenvalue weighted by molar-refractivity contribution is 5.38. The Bertz CT molecular complexity index is 321. The summed E-state index contributed by atoms with van der Waals surface area (Å²) in [7, 11) is 0. The van der Waals surface area contributed by atoms with E-state index in [1.807, 2.05) is 6.07 Å². The van der Waals surface area contributed by atoms with E-state index in [4.69, 9.17) is 4.74 Å². The van der Waals surface area contributed by atoms with Crippen LogP contribution in [0.15, 0.2) is 24.3 Å². The van der Waals surface area contributed by atoms with Crippen molar-refractivity contribution in [2.24, 2.45) is 0 Å². The molecular formula is C13H19NO. The first-order chi connectivity index (χ1) is 7.13. The molecule has 1 aliphatic rings. The van der Waals surface area contributed by atoms with Crippen molar-refractivity contribution in [1.82, 2.24) is 5.32 Å². The van der Waals surface area contributed by atoms with Gasteiger partial charge in [0.1, 0.15) is 11.9 Å². The number of para-hydroxylation sites is 1. The van der Waals surface area contributed by atoms with Crippen molar-refractivity contribution >= 4 is 0 Å². The topological polar surface area (TPSA) is 21.3 Å². The maximum Gasteiger partial charge on any atom is 0.123 e. The Morgan fingerprint density at radius 2 is 2.13 bits per heavy atom. The second-order valence-corrected chi connectivity index (χ2v) is 4.67. The zero-order valence-corrected chi connectivity index (χ0v) is 9.71. The van der Waals surface area contributed by atoms with Crippen molar-refractivity contribution in [2.45, 2.75) is 38.8 Å². The number of benzene rings is 1. The first-order valence-electron chi connectivity index (χ1n) is 5.63. The Labute approximate surface area is 91.6 Å². The highest BCUT2D eigenvalue weighted by Crippen LogP contribution is 2.32. The second kappa shape index (κ2) is 3.86. The van der Waals surface area contributed by atoms with Gasteiger partial charge in [0.25, 0.3) is 0 Å². The lowest BCUT2D eigenvalue weighted by Gasteiger charge is -2.31. The van der Waals surface area contributed by atoms with Crippen LogP contribution in [0.1, 0.15) is 26.3 Å². The molecule has 0 bridgehead atoms. The monoisotopic (exact) mass is 205 g/mol. The minimum atomic E-state index is 0.0355. The zero-order chi connectivity index (χ0) is 10.9. The molecule has 1 N–H and O–H groups in total. The summed E-state index contributed by atoms with van der Waals surface area (Å²) in [6.07, 6.45) is 1.26. The van der Waals surface area contributed by atoms with Gasteiger partial charge >= 0.3 is 0 Å². The van der Waals surface area contributed by atoms with Gasteiger partial charge in [-0.15, -0.1) is 0 Å². The van der Waals surface area contributed by atoms with Crippen LogP contribution in [0, 0.1) is 0 Å². The number of rotatable bonds is 3. The molecule has 82 valence electrons. The van der Waals surface area contributed by atoms with E-state index in [9.17, 15) is 0 Å². The van der Waals surface area contributed by atoms with Crippen LogP contribution in [-0.2, 0) is 6.42 Å². The van der Waals surface area contributed by atoms with Crippen molar-refractivity contribution < 1.29 is 4.74 Å². The molecule has 0 aliphatic carbocycles. The molecule has 2 nitrogen and oxygen atoms in total. The minimum Gasteiger partial charge on any atom is -0.488 e. The Kier molecular flexibility index (Phi) is 2.70. The van der Waals surface area contributed by atoms with E-state index in [1.54, 1.807) is 0 Å². The van der Waals surface area contributed by atoms with Crippen LogP contribution < -0.4 is 10.1 Å². The van der Waals surface area contributed by atoms with E-state index in [-0.39, 0.29) is 11.6 Å². The summed E-state index contributed by atoms with van der Waals surface area (Å²) in [4.78, 5) is 0. The SMILES string of the molecule is CCNC(C)(C)C1Cc2ccccc2O1. The lowest BCUT2D eigenvalue weighted by molar-refractivity contribution is 0.127. The van der Waals surface area contributed by atoms with Crippen LogP contribution >= 0.6 is 0 Å². The van der Waals surface area contributed by atoms with E-state index in [0.29, 0.717) is 0 Å². The van der Waals surface area contributed by atoms with Crippen molar-refractivity contribution in [3.05, 3.63) is 29.8 Å². The lowest BCUT2D eigenvalue weighted by Crippen LogP contribution is -2.51. The van der Waals surface area contributed by atoms with E-state index in [0.717, 1.165) is 18.7 Å². The van der Waals surface area contributed by atoms with Gasteiger partial charge in [-0.2, -0.15) is 0 Å². The standard InChI is InChI=1S/C13H19NO/c1-4-14-13(2,3)12-9-10-7-5-6-8-11(10)15-12/h5-8,12,14H,4,9H2,1-3H3. The molecule has 0 radical (unpaired) electrons. The molecular weight excluding hydrogens is 186 g/mol. The van der Waals surface area contributed by atoms with Gasteiger partial charge in [-0.25, -0.2) is 0 Å². The maximum absolute atomic E-state index is 5.96. The number of nitrogens with one attached hydrogen (secondary N) is 1. The molecule has 1 unspecified atom stereocenters. The second-order valence-electron chi connectivity index (χ2n) is 4.67. The Morgan fingerprint density at radius 3 is 2.80 bits per heavy atom. The summed E-state index contributed by atoms with van der Waals surface area (Å²) in [6.45, 7) is 7.51. The number of ether oxygens (including phenoxy) is 1. The summed E-state index contributed by atoms with van der Waals surface area (Å²) in [5, 5.41) is 3.47. The van der Waals surface area contributed by atoms with Gasteiger partial charge in [-0.05, 0) is 32.0 Å². The fourth-order valence-corrected chi connectivity index (χ4v) is 2.15. The molecule has 0 saturated carbocycles. The van der Waals surface area contributed by atoms with Gasteiger partial charge in [-0.1, -0.05) is 25.1 Å². The molecule has 2 heteroatoms. The molecule has 1 heterocycles. The van der Waals surface area contributed by atoms with Crippen LogP contribution in [0.3, 0.4) is 0 Å². The van der Waals surface area contributed by atoms with Gasteiger partial charge in [-0.3, -0.25) is 0 Å². The van der Waals surface area contributed by atoms with E-state index < -0.39 is 0 Å². The first kappa shape index (κ1) is 10.5. The first-order valence-corrected chi connectivity index (χ1v) is 5.63. The third-order valence-electron chi connectivity index (χ3n) is 3.08. The maximum atomic E-state index is 5.96. The van der Waals surface area contributed by atoms with Crippen molar-refractivity contribution in [3.8, 4) is 5.75 Å². The molecule has 15 heavy (non-hydrogen) atoms. The zero-order valence-electron chi connectivity index (χ0n) is 9.71. The van der Waals surface area contributed by atoms with Gasteiger partial charge in [0.2, 0.25) is 0 Å². The fraction of sp³-hybridized carbons (Fsp3) is 0.538. The van der Waals surface area contributed by atoms with Gasteiger partial charge in [0, 0.05) is 12.0 Å². The van der Waals surface area contributed by atoms with Crippen LogP contribution in [-0.4, -0.2) is 18.2 Å². The summed E-state index contributed by atoms with van der Waals surface area (Å²) < 4.78 is 5.96. The molecule has 0 amide bonds. The predicted octanol–water partition coefficient (Wildman–Crippen LogP) is 2.38. The van der Waals surface area contributed by atoms with Crippen molar-refractivity contribution in [3.63, 3.8) is 0 Å². The molecule has 0 fully saturated rings. The average Bonchev–Trinajstić information content (AvgIpc) is 2.61. The van der Waals surface area contributed by atoms with Gasteiger partial charge < -0.3 is 10.1 Å². The Balaban J connectivity index is 2.13. The van der Waals surface area contributed by atoms with E-state index in [1.165, 1.54) is 5.56 Å². The number of hydrogen-bond acceptors (Lipinski definition) is 2. The normalized spacial score (nSPS) is 19.8. The van der Waals surface area contributed by atoms with Gasteiger partial charge in [0.05, 0.1) is 0 Å². The number of fused-ring (bicyclic) bond motifs is 1. The largest absolute Gasteiger partial charge is 0.488 e. The molecule has 2 rings (SSSR count). The fourth-order valence-electron chi connectivity index (χ4n) is 2.15. The summed E-state index contributed by atoms with van der Waals surface area (Å²) in [5.74, 6) is 1.05. The molecule has 1 atom stereocenters. The summed E-state index contributed by atoms with van der Waals surface area (Å²) in [5.41, 5.74) is 1.36. The highest BCUT2D eigenvalue weighted by atomic mass is 16.5. The lowest BCUT2D eigenvalue weighted by atomic mass is 9.93. The minimum absolute atomic E-state index is 0.0355. The Hall–Kier alpha value is -1.02. The van der Waals surface area contributed by atoms with Crippen LogP contribution in [0.5, 0.6) is 5.75 Å². The summed E-state index contributed by atoms with van der Waals surface area (Å²) in [6, 6.07) is 8.31. The van der Waals surface area contributed by atoms with Crippen molar-refractivity contribution in [2.75, 3.05) is 6.54 Å². The van der Waals surface area contributed by atoms with Crippen LogP contribution in [0.4, 0.5) is 0 Å². The summed E-state index contributed by atoms with van der Waals surface area (Å²) >= 11 is 0. The highest BCUT2D eigenvalue weighted by Gasteiger charge is 2.35. The third kappa shape index (κ3) is 2.00. The molecule has 0 spiro atoms. The smallest absolute Gasteiger partial charge is 0.123 e. The molecule has 1 aromatic carbocycles. The third-order valence-corrected chi connectivity index (χ3v) is 3.08. The predicted molar refractivity (Wildman–Crippen MR) is 62.3 cm³/mol. The molecule has 0 saturated heterocycles. The van der Waals surface area contributed by atoms with E-state index in [2.05, 4.69) is 44.3 Å². The molecule has 0 aromatic heterocycles. The van der Waals surface area contributed by atoms with Crippen molar-refractivity contribution in [1.29, 1.82) is 0 Å². The van der Waals surface area contributed by atoms with E-state index >= 15 is 0 Å². The molecule has 1 aliphatic heterocycles. The van der Waals surface area contributed by atoms with Crippen LogP contribution in [0.2, 0.25) is 0 Å². The molecule has 1 aromatic rings. The average molecular weight is 205 g/mol. The number of hydrogen-bond donors (Lipinski definition) is 1. The van der Waals surface area contributed by atoms with Gasteiger partial charge in [0.15, 0.2) is 0 Å².